The van der Waals surface area contributed by atoms with Gasteiger partial charge in [0, 0.05) is 22.5 Å². The van der Waals surface area contributed by atoms with Crippen molar-refractivity contribution in [1.82, 2.24) is 14.2 Å². The molecule has 5 aromatic rings. The van der Waals surface area contributed by atoms with Crippen LogP contribution in [0.3, 0.4) is 0 Å². The maximum absolute atomic E-state index is 13.7. The second kappa shape index (κ2) is 9.82. The lowest BCUT2D eigenvalue weighted by atomic mass is 10.1. The Kier molecular flexibility index (Phi) is 6.61. The van der Waals surface area contributed by atoms with Crippen LogP contribution in [-0.2, 0) is 12.4 Å². The normalized spacial score (nSPS) is 12.5. The van der Waals surface area contributed by atoms with E-state index in [-0.39, 0.29) is 28.0 Å². The van der Waals surface area contributed by atoms with E-state index in [0.717, 1.165) is 22.9 Å². The number of rotatable bonds is 4. The van der Waals surface area contributed by atoms with Crippen LogP contribution in [0.1, 0.15) is 28.1 Å². The van der Waals surface area contributed by atoms with Gasteiger partial charge in [-0.3, -0.25) is 4.79 Å². The number of aromatic nitrogens is 3. The molecule has 0 saturated heterocycles. The molecule has 2 heterocycles. The van der Waals surface area contributed by atoms with Crippen molar-refractivity contribution in [3.63, 3.8) is 0 Å². The third-order valence-corrected chi connectivity index (χ3v) is 6.43. The predicted molar refractivity (Wildman–Crippen MR) is 140 cm³/mol. The first-order valence-corrected chi connectivity index (χ1v) is 12.0. The zero-order valence-corrected chi connectivity index (χ0v) is 21.0. The van der Waals surface area contributed by atoms with Crippen LogP contribution in [0.15, 0.2) is 88.8 Å². The fourth-order valence-electron chi connectivity index (χ4n) is 4.57. The van der Waals surface area contributed by atoms with Gasteiger partial charge in [0.2, 0.25) is 0 Å². The van der Waals surface area contributed by atoms with Gasteiger partial charge in [0.05, 0.1) is 33.9 Å². The fourth-order valence-corrected chi connectivity index (χ4v) is 4.57. The maximum Gasteiger partial charge on any atom is 0.418 e. The highest BCUT2D eigenvalue weighted by Gasteiger charge is 2.34. The van der Waals surface area contributed by atoms with Crippen molar-refractivity contribution in [2.45, 2.75) is 26.2 Å². The van der Waals surface area contributed by atoms with E-state index in [0.29, 0.717) is 17.0 Å². The third kappa shape index (κ3) is 4.90. The first-order valence-electron chi connectivity index (χ1n) is 12.0. The SMILES string of the molecule is Cc1cc(C=Nn2c(-c3cccc(C(F)(F)F)c3)nc3ccccc3c2=O)c(C)n1-c1ccccc1C(F)(F)F. The highest BCUT2D eigenvalue weighted by atomic mass is 19.4. The molecule has 0 aliphatic heterocycles. The van der Waals surface area contributed by atoms with Gasteiger partial charge in [-0.25, -0.2) is 4.98 Å². The number of fused-ring (bicyclic) bond motifs is 1. The summed E-state index contributed by atoms with van der Waals surface area (Å²) in [5.41, 5.74) is -0.837. The van der Waals surface area contributed by atoms with E-state index in [1.165, 1.54) is 47.2 Å². The summed E-state index contributed by atoms with van der Waals surface area (Å²) in [6.45, 7) is 3.24. The van der Waals surface area contributed by atoms with E-state index in [1.54, 1.807) is 38.1 Å². The molecule has 5 rings (SSSR count). The van der Waals surface area contributed by atoms with Gasteiger partial charge in [-0.15, -0.1) is 0 Å². The summed E-state index contributed by atoms with van der Waals surface area (Å²) in [6, 6.07) is 17.5. The van der Waals surface area contributed by atoms with Crippen LogP contribution in [-0.4, -0.2) is 20.4 Å². The number of alkyl halides is 6. The van der Waals surface area contributed by atoms with Crippen molar-refractivity contribution in [3.8, 4) is 17.1 Å². The van der Waals surface area contributed by atoms with Crippen LogP contribution in [0.2, 0.25) is 0 Å². The van der Waals surface area contributed by atoms with E-state index < -0.39 is 29.0 Å². The number of para-hydroxylation sites is 2. The van der Waals surface area contributed by atoms with E-state index >= 15 is 0 Å². The Balaban J connectivity index is 1.68. The average Bonchev–Trinajstić information content (AvgIpc) is 3.19. The summed E-state index contributed by atoms with van der Waals surface area (Å²) in [6.07, 6.45) is -7.92. The standard InChI is InChI=1S/C29H20F6N4O/c1-17-14-20(18(2)38(17)25-13-6-4-11-23(25)29(33,34)35)16-36-39-26(19-8-7-9-21(15-19)28(30,31)32)37-24-12-5-3-10-22(24)27(39)40/h3-16H,1-2H3. The van der Waals surface area contributed by atoms with Crippen molar-refractivity contribution < 1.29 is 26.3 Å². The van der Waals surface area contributed by atoms with Crippen LogP contribution < -0.4 is 5.56 Å². The molecule has 0 amide bonds. The lowest BCUT2D eigenvalue weighted by Crippen LogP contribution is -2.20. The lowest BCUT2D eigenvalue weighted by Gasteiger charge is -2.16. The molecule has 11 heteroatoms. The molecular formula is C29H20F6N4O. The Morgan fingerprint density at radius 3 is 2.25 bits per heavy atom. The zero-order valence-electron chi connectivity index (χ0n) is 21.0. The fraction of sp³-hybridized carbons (Fsp3) is 0.138. The van der Waals surface area contributed by atoms with Crippen molar-refractivity contribution in [2.75, 3.05) is 0 Å². The summed E-state index contributed by atoms with van der Waals surface area (Å²) in [7, 11) is 0. The minimum absolute atomic E-state index is 0.0133. The summed E-state index contributed by atoms with van der Waals surface area (Å²) < 4.78 is 83.7. The van der Waals surface area contributed by atoms with Crippen molar-refractivity contribution in [1.29, 1.82) is 0 Å². The molecule has 5 nitrogen and oxygen atoms in total. The Bertz CT molecular complexity index is 1830. The molecule has 204 valence electrons. The molecule has 0 bridgehead atoms. The topological polar surface area (TPSA) is 52.2 Å². The van der Waals surface area contributed by atoms with Gasteiger partial charge in [0.15, 0.2) is 5.82 Å². The number of aryl methyl sites for hydroxylation is 1. The van der Waals surface area contributed by atoms with Crippen LogP contribution in [0.25, 0.3) is 28.0 Å². The van der Waals surface area contributed by atoms with E-state index in [9.17, 15) is 31.1 Å². The molecule has 0 unspecified atom stereocenters. The number of hydrogen-bond acceptors (Lipinski definition) is 3. The summed E-state index contributed by atoms with van der Waals surface area (Å²) in [5.74, 6) is -0.123. The first kappa shape index (κ1) is 26.9. The third-order valence-electron chi connectivity index (χ3n) is 6.43. The summed E-state index contributed by atoms with van der Waals surface area (Å²) in [4.78, 5) is 17.8. The minimum atomic E-state index is -4.62. The first-order chi connectivity index (χ1) is 18.9. The Morgan fingerprint density at radius 1 is 0.825 bits per heavy atom. The minimum Gasteiger partial charge on any atom is -0.317 e. The van der Waals surface area contributed by atoms with E-state index in [4.69, 9.17) is 0 Å². The molecule has 0 radical (unpaired) electrons. The van der Waals surface area contributed by atoms with Crippen LogP contribution >= 0.6 is 0 Å². The molecule has 40 heavy (non-hydrogen) atoms. The molecule has 0 atom stereocenters. The molecule has 0 fully saturated rings. The number of benzene rings is 3. The Hall–Kier alpha value is -4.67. The average molecular weight is 554 g/mol. The van der Waals surface area contributed by atoms with Gasteiger partial charge in [-0.05, 0) is 56.3 Å². The van der Waals surface area contributed by atoms with E-state index in [2.05, 4.69) is 10.1 Å². The molecule has 0 saturated carbocycles. The van der Waals surface area contributed by atoms with Crippen molar-refractivity contribution in [2.24, 2.45) is 5.10 Å². The van der Waals surface area contributed by atoms with Gasteiger partial charge in [0.25, 0.3) is 5.56 Å². The molecule has 0 N–H and O–H groups in total. The highest BCUT2D eigenvalue weighted by Crippen LogP contribution is 2.35. The zero-order chi connectivity index (χ0) is 28.8. The van der Waals surface area contributed by atoms with Crippen molar-refractivity contribution >= 4 is 17.1 Å². The maximum atomic E-state index is 13.7. The van der Waals surface area contributed by atoms with Gasteiger partial charge in [-0.1, -0.05) is 36.4 Å². The molecular weight excluding hydrogens is 534 g/mol. The van der Waals surface area contributed by atoms with Crippen LogP contribution in [0.4, 0.5) is 26.3 Å². The Labute approximate surface area is 223 Å². The van der Waals surface area contributed by atoms with E-state index in [1.807, 2.05) is 0 Å². The second-order valence-electron chi connectivity index (χ2n) is 9.07. The quantitative estimate of drug-likeness (QED) is 0.172. The van der Waals surface area contributed by atoms with Gasteiger partial charge >= 0.3 is 12.4 Å². The van der Waals surface area contributed by atoms with Crippen LogP contribution in [0.5, 0.6) is 0 Å². The largest absolute Gasteiger partial charge is 0.418 e. The molecule has 0 aliphatic carbocycles. The number of hydrogen-bond donors (Lipinski definition) is 0. The van der Waals surface area contributed by atoms with Gasteiger partial charge in [0.1, 0.15) is 0 Å². The molecule has 0 aliphatic rings. The summed E-state index contributed by atoms with van der Waals surface area (Å²) >= 11 is 0. The molecule has 2 aromatic heterocycles. The predicted octanol–water partition coefficient (Wildman–Crippen LogP) is 7.39. The number of halogens is 6. The highest BCUT2D eigenvalue weighted by molar-refractivity contribution is 5.83. The molecule has 0 spiro atoms. The molecule has 3 aromatic carbocycles. The second-order valence-corrected chi connectivity index (χ2v) is 9.07. The van der Waals surface area contributed by atoms with Gasteiger partial charge in [-0.2, -0.15) is 36.1 Å². The summed E-state index contributed by atoms with van der Waals surface area (Å²) in [5, 5.41) is 4.47. The Morgan fingerprint density at radius 2 is 1.52 bits per heavy atom. The smallest absolute Gasteiger partial charge is 0.317 e. The monoisotopic (exact) mass is 554 g/mol. The van der Waals surface area contributed by atoms with Crippen LogP contribution in [0, 0.1) is 13.8 Å². The van der Waals surface area contributed by atoms with Gasteiger partial charge < -0.3 is 4.57 Å². The number of nitrogens with zero attached hydrogens (tertiary/aromatic N) is 4. The lowest BCUT2D eigenvalue weighted by molar-refractivity contribution is -0.138. The van der Waals surface area contributed by atoms with Crippen molar-refractivity contribution in [3.05, 3.63) is 117 Å².